The highest BCUT2D eigenvalue weighted by molar-refractivity contribution is 6.31. The number of ether oxygens (including phenoxy) is 1. The van der Waals surface area contributed by atoms with Gasteiger partial charge in [-0.25, -0.2) is 9.97 Å². The predicted octanol–water partition coefficient (Wildman–Crippen LogP) is 4.50. The first-order valence-electron chi connectivity index (χ1n) is 8.50. The number of aromatic nitrogens is 4. The molecule has 0 atom stereocenters. The minimum atomic E-state index is -4.38. The summed E-state index contributed by atoms with van der Waals surface area (Å²) in [5.74, 6) is -0.486. The number of Topliss-reactive ketones (excluding diaryl/α,β-unsaturated/α-hetero) is 1. The Morgan fingerprint density at radius 3 is 2.79 bits per heavy atom. The smallest absolute Gasteiger partial charge is 0.389 e. The Bertz CT molecular complexity index is 1050. The monoisotopic (exact) mass is 410 g/mol. The summed E-state index contributed by atoms with van der Waals surface area (Å²) in [6.07, 6.45) is 0.638. The summed E-state index contributed by atoms with van der Waals surface area (Å²) in [6.45, 7) is 0. The second-order valence-electron chi connectivity index (χ2n) is 6.63. The number of carbonyl (C=O) groups is 1. The molecule has 28 heavy (non-hydrogen) atoms. The van der Waals surface area contributed by atoms with Gasteiger partial charge in [0.1, 0.15) is 5.65 Å². The average Bonchev–Trinajstić information content (AvgIpc) is 3.30. The van der Waals surface area contributed by atoms with Gasteiger partial charge in [0.05, 0.1) is 29.5 Å². The number of aromatic amines is 1. The van der Waals surface area contributed by atoms with Gasteiger partial charge in [-0.3, -0.25) is 9.78 Å². The number of nitrogens with one attached hydrogen (secondary N) is 1. The van der Waals surface area contributed by atoms with Crippen LogP contribution >= 0.6 is 11.6 Å². The molecule has 1 aliphatic rings. The molecule has 146 valence electrons. The van der Waals surface area contributed by atoms with Crippen LogP contribution in [0.25, 0.3) is 22.3 Å². The van der Waals surface area contributed by atoms with Gasteiger partial charge >= 0.3 is 6.18 Å². The van der Waals surface area contributed by atoms with E-state index in [0.717, 1.165) is 5.39 Å². The first-order chi connectivity index (χ1) is 13.3. The van der Waals surface area contributed by atoms with Crippen molar-refractivity contribution in [2.45, 2.75) is 37.5 Å². The summed E-state index contributed by atoms with van der Waals surface area (Å²) < 4.78 is 42.8. The van der Waals surface area contributed by atoms with Gasteiger partial charge in [0.25, 0.3) is 0 Å². The zero-order valence-electron chi connectivity index (χ0n) is 14.4. The van der Waals surface area contributed by atoms with Crippen LogP contribution in [-0.2, 0) is 4.79 Å². The van der Waals surface area contributed by atoms with Gasteiger partial charge in [-0.05, 0) is 18.9 Å². The third kappa shape index (κ3) is 3.80. The molecule has 0 amide bonds. The predicted molar refractivity (Wildman–Crippen MR) is 95.0 cm³/mol. The van der Waals surface area contributed by atoms with Crippen molar-refractivity contribution in [3.63, 3.8) is 0 Å². The lowest BCUT2D eigenvalue weighted by molar-refractivity contribution is -0.147. The number of nitrogens with zero attached hydrogens (tertiary/aromatic N) is 3. The highest BCUT2D eigenvalue weighted by atomic mass is 35.5. The Morgan fingerprint density at radius 1 is 1.29 bits per heavy atom. The molecule has 10 heteroatoms. The molecule has 3 heterocycles. The van der Waals surface area contributed by atoms with Crippen LogP contribution in [0.3, 0.4) is 0 Å². The molecule has 4 rings (SSSR count). The Kier molecular flexibility index (Phi) is 4.49. The normalized spacial score (nSPS) is 15.6. The summed E-state index contributed by atoms with van der Waals surface area (Å²) in [4.78, 5) is 27.8. The zero-order chi connectivity index (χ0) is 19.9. The largest absolute Gasteiger partial charge is 0.462 e. The molecular formula is C18H14ClF3N4O2. The molecule has 0 bridgehead atoms. The zero-order valence-corrected chi connectivity index (χ0v) is 15.1. The summed E-state index contributed by atoms with van der Waals surface area (Å²) in [6, 6.07) is 1.73. The Labute approximate surface area is 162 Å². The van der Waals surface area contributed by atoms with Gasteiger partial charge in [-0.15, -0.1) is 0 Å². The highest BCUT2D eigenvalue weighted by Crippen LogP contribution is 2.42. The number of hydrogen-bond acceptors (Lipinski definition) is 5. The number of rotatable bonds is 6. The van der Waals surface area contributed by atoms with Crippen molar-refractivity contribution in [2.24, 2.45) is 0 Å². The number of alkyl halides is 3. The molecule has 0 saturated heterocycles. The van der Waals surface area contributed by atoms with E-state index in [9.17, 15) is 18.0 Å². The van der Waals surface area contributed by atoms with Gasteiger partial charge < -0.3 is 9.72 Å². The van der Waals surface area contributed by atoms with Crippen molar-refractivity contribution < 1.29 is 22.7 Å². The van der Waals surface area contributed by atoms with E-state index in [0.29, 0.717) is 34.8 Å². The van der Waals surface area contributed by atoms with Crippen molar-refractivity contribution in [2.75, 3.05) is 0 Å². The number of hydrogen-bond donors (Lipinski definition) is 1. The second kappa shape index (κ2) is 6.73. The molecule has 3 aromatic heterocycles. The SMILES string of the molecule is O=C(CCC(F)(F)F)C1(Oc2cncc(-c3c[nH]c4ncc(Cl)cc34)n2)CC1. The first kappa shape index (κ1) is 18.7. The third-order valence-electron chi connectivity index (χ3n) is 4.53. The van der Waals surface area contributed by atoms with Gasteiger partial charge in [-0.2, -0.15) is 13.2 Å². The molecule has 0 spiro atoms. The summed E-state index contributed by atoms with van der Waals surface area (Å²) in [5, 5.41) is 1.20. The molecule has 0 radical (unpaired) electrons. The standard InChI is InChI=1S/C18H14ClF3N4O2/c19-10-5-11-12(7-25-16(11)24-6-10)13-8-23-9-15(26-13)28-17(3-4-17)14(27)1-2-18(20,21)22/h5-9H,1-4H2,(H,24,25). The molecule has 1 saturated carbocycles. The Morgan fingerprint density at radius 2 is 2.07 bits per heavy atom. The van der Waals surface area contributed by atoms with E-state index in [1.165, 1.54) is 18.6 Å². The number of halogens is 4. The molecule has 0 aromatic carbocycles. The van der Waals surface area contributed by atoms with E-state index < -0.39 is 30.4 Å². The topological polar surface area (TPSA) is 80.8 Å². The maximum atomic E-state index is 12.4. The van der Waals surface area contributed by atoms with Crippen LogP contribution in [0, 0.1) is 0 Å². The number of H-pyrrole nitrogens is 1. The molecular weight excluding hydrogens is 397 g/mol. The van der Waals surface area contributed by atoms with Gasteiger partial charge in [0.15, 0.2) is 11.4 Å². The maximum absolute atomic E-state index is 12.4. The van der Waals surface area contributed by atoms with Crippen molar-refractivity contribution in [3.8, 4) is 17.1 Å². The third-order valence-corrected chi connectivity index (χ3v) is 4.74. The Balaban J connectivity index is 1.56. The van der Waals surface area contributed by atoms with E-state index in [1.807, 2.05) is 0 Å². The highest BCUT2D eigenvalue weighted by Gasteiger charge is 2.53. The lowest BCUT2D eigenvalue weighted by atomic mass is 10.1. The minimum Gasteiger partial charge on any atom is -0.462 e. The number of carbonyl (C=O) groups excluding carboxylic acids is 1. The maximum Gasteiger partial charge on any atom is 0.389 e. The van der Waals surface area contributed by atoms with E-state index >= 15 is 0 Å². The molecule has 0 aliphatic heterocycles. The molecule has 0 unspecified atom stereocenters. The average molecular weight is 411 g/mol. The number of ketones is 1. The summed E-state index contributed by atoms with van der Waals surface area (Å²) in [5.41, 5.74) is 0.542. The fraction of sp³-hybridized carbons (Fsp3) is 0.333. The molecule has 3 aromatic rings. The quantitative estimate of drug-likeness (QED) is 0.647. The van der Waals surface area contributed by atoms with E-state index in [1.54, 1.807) is 12.3 Å². The van der Waals surface area contributed by atoms with E-state index in [2.05, 4.69) is 19.9 Å². The van der Waals surface area contributed by atoms with E-state index in [4.69, 9.17) is 16.3 Å². The lowest BCUT2D eigenvalue weighted by Crippen LogP contribution is -2.31. The van der Waals surface area contributed by atoms with Crippen LogP contribution in [0.15, 0.2) is 30.9 Å². The van der Waals surface area contributed by atoms with Crippen molar-refractivity contribution in [1.82, 2.24) is 19.9 Å². The van der Waals surface area contributed by atoms with Crippen molar-refractivity contribution in [1.29, 1.82) is 0 Å². The van der Waals surface area contributed by atoms with Crippen LogP contribution in [-0.4, -0.2) is 37.5 Å². The Hall–Kier alpha value is -2.68. The fourth-order valence-corrected chi connectivity index (χ4v) is 3.11. The van der Waals surface area contributed by atoms with Gasteiger partial charge in [-0.1, -0.05) is 11.6 Å². The van der Waals surface area contributed by atoms with Crippen LogP contribution < -0.4 is 4.74 Å². The summed E-state index contributed by atoms with van der Waals surface area (Å²) >= 11 is 6.00. The molecule has 1 N–H and O–H groups in total. The second-order valence-corrected chi connectivity index (χ2v) is 7.07. The number of pyridine rings is 1. The van der Waals surface area contributed by atoms with Crippen LogP contribution in [0.2, 0.25) is 5.02 Å². The fourth-order valence-electron chi connectivity index (χ4n) is 2.95. The molecule has 1 aliphatic carbocycles. The van der Waals surface area contributed by atoms with Gasteiger partial charge in [0.2, 0.25) is 5.88 Å². The molecule has 6 nitrogen and oxygen atoms in total. The van der Waals surface area contributed by atoms with Crippen molar-refractivity contribution >= 4 is 28.4 Å². The van der Waals surface area contributed by atoms with Crippen LogP contribution in [0.1, 0.15) is 25.7 Å². The number of fused-ring (bicyclic) bond motifs is 1. The van der Waals surface area contributed by atoms with Crippen molar-refractivity contribution in [3.05, 3.63) is 35.9 Å². The lowest BCUT2D eigenvalue weighted by Gasteiger charge is -2.16. The molecule has 1 fully saturated rings. The van der Waals surface area contributed by atoms with Crippen LogP contribution in [0.5, 0.6) is 5.88 Å². The summed E-state index contributed by atoms with van der Waals surface area (Å²) in [7, 11) is 0. The van der Waals surface area contributed by atoms with Crippen LogP contribution in [0.4, 0.5) is 13.2 Å². The van der Waals surface area contributed by atoms with E-state index in [-0.39, 0.29) is 5.88 Å². The first-order valence-corrected chi connectivity index (χ1v) is 8.88. The minimum absolute atomic E-state index is 0.0831. The van der Waals surface area contributed by atoms with Gasteiger partial charge in [0, 0.05) is 29.8 Å².